The molecule has 1 aliphatic heterocycles. The lowest BCUT2D eigenvalue weighted by Gasteiger charge is -2.18. The first-order valence-corrected chi connectivity index (χ1v) is 7.75. The molecule has 1 heterocycles. The van der Waals surface area contributed by atoms with Crippen molar-refractivity contribution in [2.24, 2.45) is 4.99 Å². The molecule has 3 rings (SSSR count). The van der Waals surface area contributed by atoms with Crippen LogP contribution in [0.4, 0.5) is 11.4 Å². The third-order valence-electron chi connectivity index (χ3n) is 3.10. The van der Waals surface area contributed by atoms with Crippen LogP contribution >= 0.6 is 23.5 Å². The van der Waals surface area contributed by atoms with Crippen molar-refractivity contribution >= 4 is 40.9 Å². The van der Waals surface area contributed by atoms with E-state index in [-0.39, 0.29) is 5.75 Å². The number of hydrogen-bond donors (Lipinski definition) is 3. The van der Waals surface area contributed by atoms with Crippen molar-refractivity contribution in [2.45, 2.75) is 18.2 Å². The Balaban J connectivity index is 1.88. The summed E-state index contributed by atoms with van der Waals surface area (Å²) < 4.78 is 3.10. The second kappa shape index (κ2) is 5.87. The molecule has 21 heavy (non-hydrogen) atoms. The molecule has 6 heteroatoms. The van der Waals surface area contributed by atoms with Gasteiger partial charge in [-0.25, -0.2) is 4.99 Å². The predicted molar refractivity (Wildman–Crippen MR) is 88.6 cm³/mol. The van der Waals surface area contributed by atoms with Crippen LogP contribution in [0.1, 0.15) is 12.5 Å². The Morgan fingerprint density at radius 1 is 1.33 bits per heavy atom. The summed E-state index contributed by atoms with van der Waals surface area (Å²) in [6.07, 6.45) is 0.978. The molecule has 0 bridgehead atoms. The topological polar surface area (TPSA) is 56.7 Å². The van der Waals surface area contributed by atoms with E-state index in [4.69, 9.17) is 11.6 Å². The monoisotopic (exact) mass is 319 g/mol. The van der Waals surface area contributed by atoms with Crippen LogP contribution in [0.25, 0.3) is 0 Å². The number of benzene rings is 2. The lowest BCUT2D eigenvalue weighted by atomic mass is 10.1. The van der Waals surface area contributed by atoms with Crippen LogP contribution in [0.2, 0.25) is 5.02 Å². The Hall–Kier alpha value is -1.85. The number of phenolic OH excluding ortho intramolecular Hbond substituents is 1. The molecule has 0 fully saturated rings. The molecule has 0 radical (unpaired) electrons. The van der Waals surface area contributed by atoms with E-state index in [1.165, 1.54) is 23.6 Å². The average Bonchev–Trinajstić information content (AvgIpc) is 2.48. The van der Waals surface area contributed by atoms with Crippen LogP contribution in [0.3, 0.4) is 0 Å². The third-order valence-corrected chi connectivity index (χ3v) is 4.14. The summed E-state index contributed by atoms with van der Waals surface area (Å²) in [4.78, 5) is 5.20. The molecule has 0 aliphatic carbocycles. The van der Waals surface area contributed by atoms with E-state index in [1.807, 2.05) is 12.1 Å². The summed E-state index contributed by atoms with van der Waals surface area (Å²) >= 11 is 7.28. The largest absolute Gasteiger partial charge is 0.506 e. The first-order chi connectivity index (χ1) is 10.2. The number of anilines is 1. The number of aromatic hydroxyl groups is 1. The van der Waals surface area contributed by atoms with Crippen molar-refractivity contribution in [1.29, 1.82) is 0 Å². The van der Waals surface area contributed by atoms with Gasteiger partial charge in [0, 0.05) is 16.8 Å². The molecule has 2 aromatic carbocycles. The number of guanidine groups is 1. The first kappa shape index (κ1) is 14.1. The maximum Gasteiger partial charge on any atom is 0.211 e. The number of nitrogens with zero attached hydrogens (tertiary/aromatic N) is 1. The molecule has 0 unspecified atom stereocenters. The highest BCUT2D eigenvalue weighted by Gasteiger charge is 2.17. The fourth-order valence-corrected chi connectivity index (χ4v) is 3.06. The number of phenols is 1. The Bertz CT molecular complexity index is 718. The predicted octanol–water partition coefficient (Wildman–Crippen LogP) is 4.32. The molecule has 0 saturated carbocycles. The minimum atomic E-state index is 0.0770. The van der Waals surface area contributed by atoms with Crippen LogP contribution in [-0.4, -0.2) is 11.1 Å². The van der Waals surface area contributed by atoms with Gasteiger partial charge in [-0.05, 0) is 42.1 Å². The van der Waals surface area contributed by atoms with Gasteiger partial charge in [0.05, 0.1) is 4.90 Å². The molecular formula is C15H14ClN3OS. The minimum Gasteiger partial charge on any atom is -0.506 e. The number of rotatable bonds is 2. The Morgan fingerprint density at radius 3 is 3.00 bits per heavy atom. The maximum atomic E-state index is 9.94. The normalized spacial score (nSPS) is 13.1. The lowest BCUT2D eigenvalue weighted by Crippen LogP contribution is -2.26. The second-order valence-electron chi connectivity index (χ2n) is 4.62. The van der Waals surface area contributed by atoms with Gasteiger partial charge in [0.1, 0.15) is 11.4 Å². The number of nitrogens with one attached hydrogen (secondary N) is 2. The van der Waals surface area contributed by atoms with Crippen LogP contribution in [0.5, 0.6) is 5.75 Å². The molecule has 4 nitrogen and oxygen atoms in total. The molecule has 0 atom stereocenters. The fourth-order valence-electron chi connectivity index (χ4n) is 2.05. The second-order valence-corrected chi connectivity index (χ2v) is 5.90. The number of aliphatic imine (C=N–C) groups is 1. The van der Waals surface area contributed by atoms with Crippen molar-refractivity contribution in [3.8, 4) is 5.75 Å². The van der Waals surface area contributed by atoms with Gasteiger partial charge < -0.3 is 10.4 Å². The van der Waals surface area contributed by atoms with Gasteiger partial charge in [-0.2, -0.15) is 0 Å². The highest BCUT2D eigenvalue weighted by Crippen LogP contribution is 2.40. The molecular weight excluding hydrogens is 306 g/mol. The average molecular weight is 320 g/mol. The molecule has 3 N–H and O–H groups in total. The van der Waals surface area contributed by atoms with Crippen LogP contribution in [-0.2, 0) is 6.42 Å². The minimum absolute atomic E-state index is 0.0770. The molecule has 1 aliphatic rings. The van der Waals surface area contributed by atoms with E-state index in [1.54, 1.807) is 6.07 Å². The molecule has 2 aromatic rings. The van der Waals surface area contributed by atoms with Crippen LogP contribution in [0.15, 0.2) is 46.3 Å². The zero-order valence-electron chi connectivity index (χ0n) is 11.4. The molecule has 0 spiro atoms. The number of fused-ring (bicyclic) bond motifs is 1. The standard InChI is InChI=1S/C15H14ClN3OS/c1-2-9-4-3-5-11(6-9)17-15-18-14-12(20)7-10(16)8-13(14)21-19-15/h3-8,20H,2H2,1H3,(H2,17,18,19). The number of hydrogen-bond acceptors (Lipinski definition) is 5. The van der Waals surface area contributed by atoms with Gasteiger partial charge in [0.2, 0.25) is 5.96 Å². The number of aryl methyl sites for hydroxylation is 1. The van der Waals surface area contributed by atoms with Crippen molar-refractivity contribution in [3.63, 3.8) is 0 Å². The van der Waals surface area contributed by atoms with Crippen LogP contribution < -0.4 is 10.0 Å². The summed E-state index contributed by atoms with van der Waals surface area (Å²) in [5, 5.41) is 13.6. The summed E-state index contributed by atoms with van der Waals surface area (Å²) in [5.74, 6) is 0.659. The zero-order chi connectivity index (χ0) is 14.8. The quantitative estimate of drug-likeness (QED) is 0.722. The summed E-state index contributed by atoms with van der Waals surface area (Å²) in [7, 11) is 0. The van der Waals surface area contributed by atoms with Gasteiger partial charge in [0.25, 0.3) is 0 Å². The Labute approximate surface area is 132 Å². The first-order valence-electron chi connectivity index (χ1n) is 6.55. The van der Waals surface area contributed by atoms with E-state index in [0.717, 1.165) is 17.0 Å². The summed E-state index contributed by atoms with van der Waals surface area (Å²) in [6.45, 7) is 2.11. The van der Waals surface area contributed by atoms with E-state index < -0.39 is 0 Å². The van der Waals surface area contributed by atoms with Gasteiger partial charge in [-0.3, -0.25) is 4.72 Å². The SMILES string of the molecule is CCc1cccc(NC2=Nc3c(O)cc(Cl)cc3SN2)c1. The van der Waals surface area contributed by atoms with Crippen molar-refractivity contribution in [3.05, 3.63) is 47.0 Å². The van der Waals surface area contributed by atoms with Gasteiger partial charge >= 0.3 is 0 Å². The van der Waals surface area contributed by atoms with E-state index in [2.05, 4.69) is 34.1 Å². The van der Waals surface area contributed by atoms with E-state index in [9.17, 15) is 5.11 Å². The Morgan fingerprint density at radius 2 is 2.19 bits per heavy atom. The van der Waals surface area contributed by atoms with Gasteiger partial charge in [-0.15, -0.1) is 0 Å². The fraction of sp³-hybridized carbons (Fsp3) is 0.133. The van der Waals surface area contributed by atoms with E-state index in [0.29, 0.717) is 16.7 Å². The zero-order valence-corrected chi connectivity index (χ0v) is 12.9. The van der Waals surface area contributed by atoms with Crippen molar-refractivity contribution in [1.82, 2.24) is 4.72 Å². The molecule has 0 amide bonds. The highest BCUT2D eigenvalue weighted by molar-refractivity contribution is 7.98. The van der Waals surface area contributed by atoms with Crippen LogP contribution in [0, 0.1) is 0 Å². The smallest absolute Gasteiger partial charge is 0.211 e. The van der Waals surface area contributed by atoms with Crippen molar-refractivity contribution in [2.75, 3.05) is 5.32 Å². The van der Waals surface area contributed by atoms with Crippen molar-refractivity contribution < 1.29 is 5.11 Å². The van der Waals surface area contributed by atoms with E-state index >= 15 is 0 Å². The molecule has 0 saturated heterocycles. The highest BCUT2D eigenvalue weighted by atomic mass is 35.5. The number of halogens is 1. The molecule has 108 valence electrons. The third kappa shape index (κ3) is 3.09. The van der Waals surface area contributed by atoms with Gasteiger partial charge in [-0.1, -0.05) is 30.7 Å². The summed E-state index contributed by atoms with van der Waals surface area (Å²) in [5.41, 5.74) is 2.73. The van der Waals surface area contributed by atoms with Gasteiger partial charge in [0.15, 0.2) is 0 Å². The molecule has 0 aromatic heterocycles. The lowest BCUT2D eigenvalue weighted by molar-refractivity contribution is 0.475. The Kier molecular flexibility index (Phi) is 3.94. The maximum absolute atomic E-state index is 9.94. The summed E-state index contributed by atoms with van der Waals surface area (Å²) in [6, 6.07) is 11.4.